The van der Waals surface area contributed by atoms with E-state index >= 15 is 0 Å². The number of rotatable bonds is 1. The highest BCUT2D eigenvalue weighted by Crippen LogP contribution is 2.39. The van der Waals surface area contributed by atoms with Gasteiger partial charge in [0.05, 0.1) is 4.88 Å². The minimum atomic E-state index is 0. The lowest BCUT2D eigenvalue weighted by atomic mass is 9.78. The number of amides is 1. The zero-order valence-electron chi connectivity index (χ0n) is 13.7. The Morgan fingerprint density at radius 1 is 1.13 bits per heavy atom. The van der Waals surface area contributed by atoms with Crippen LogP contribution in [0.25, 0.3) is 0 Å². The molecular formula is C18H27ClN2OS. The number of hydrogen-bond acceptors (Lipinski definition) is 3. The molecule has 1 aromatic heterocycles. The zero-order valence-corrected chi connectivity index (χ0v) is 15.4. The number of nitrogens with zero attached hydrogens (tertiary/aromatic N) is 1. The Hall–Kier alpha value is -0.580. The largest absolute Gasteiger partial charge is 0.337 e. The van der Waals surface area contributed by atoms with Gasteiger partial charge in [0.1, 0.15) is 0 Å². The van der Waals surface area contributed by atoms with Crippen LogP contribution >= 0.6 is 23.7 Å². The molecule has 0 radical (unpaired) electrons. The lowest BCUT2D eigenvalue weighted by Gasteiger charge is -2.33. The summed E-state index contributed by atoms with van der Waals surface area (Å²) in [6, 6.07) is 2.21. The molecule has 1 spiro atoms. The lowest BCUT2D eigenvalue weighted by molar-refractivity contribution is 0.0766. The average molecular weight is 355 g/mol. The molecule has 5 heteroatoms. The van der Waals surface area contributed by atoms with Crippen LogP contribution in [0.5, 0.6) is 0 Å². The molecule has 2 fully saturated rings. The number of thiophene rings is 1. The van der Waals surface area contributed by atoms with Gasteiger partial charge in [0.25, 0.3) is 5.91 Å². The molecule has 1 amide bonds. The minimum Gasteiger partial charge on any atom is -0.337 e. The van der Waals surface area contributed by atoms with E-state index in [1.165, 1.54) is 61.8 Å². The summed E-state index contributed by atoms with van der Waals surface area (Å²) in [7, 11) is 0. The van der Waals surface area contributed by atoms with E-state index in [1.807, 2.05) is 0 Å². The molecule has 4 rings (SSSR count). The van der Waals surface area contributed by atoms with Crippen LogP contribution in [0.15, 0.2) is 6.07 Å². The summed E-state index contributed by atoms with van der Waals surface area (Å²) in [5.74, 6) is 0.300. The molecule has 0 saturated carbocycles. The average Bonchev–Trinajstić information content (AvgIpc) is 3.06. The molecule has 0 atom stereocenters. The van der Waals surface area contributed by atoms with E-state index < -0.39 is 0 Å². The Morgan fingerprint density at radius 3 is 2.74 bits per heavy atom. The van der Waals surface area contributed by atoms with Crippen LogP contribution in [0.2, 0.25) is 0 Å². The molecule has 3 heterocycles. The Kier molecular flexibility index (Phi) is 5.34. The van der Waals surface area contributed by atoms with Crippen molar-refractivity contribution in [1.82, 2.24) is 10.2 Å². The molecular weight excluding hydrogens is 328 g/mol. The molecule has 2 saturated heterocycles. The number of piperidine rings is 1. The molecule has 1 N–H and O–H groups in total. The van der Waals surface area contributed by atoms with Gasteiger partial charge >= 0.3 is 0 Å². The van der Waals surface area contributed by atoms with Crippen LogP contribution in [-0.2, 0) is 12.8 Å². The highest BCUT2D eigenvalue weighted by molar-refractivity contribution is 7.14. The van der Waals surface area contributed by atoms with E-state index in [1.54, 1.807) is 11.3 Å². The maximum Gasteiger partial charge on any atom is 0.263 e. The molecule has 128 valence electrons. The van der Waals surface area contributed by atoms with E-state index in [9.17, 15) is 4.79 Å². The van der Waals surface area contributed by atoms with E-state index in [2.05, 4.69) is 16.3 Å². The van der Waals surface area contributed by atoms with Gasteiger partial charge in [-0.2, -0.15) is 0 Å². The Balaban J connectivity index is 0.00000156. The fraction of sp³-hybridized carbons (Fsp3) is 0.722. The first-order valence-electron chi connectivity index (χ1n) is 8.87. The lowest BCUT2D eigenvalue weighted by Crippen LogP contribution is -2.39. The topological polar surface area (TPSA) is 32.3 Å². The van der Waals surface area contributed by atoms with Crippen molar-refractivity contribution in [3.8, 4) is 0 Å². The van der Waals surface area contributed by atoms with Crippen molar-refractivity contribution in [1.29, 1.82) is 0 Å². The minimum absolute atomic E-state index is 0. The fourth-order valence-electron chi connectivity index (χ4n) is 4.40. The molecule has 3 aliphatic rings. The molecule has 0 unspecified atom stereocenters. The fourth-order valence-corrected chi connectivity index (χ4v) is 5.62. The second kappa shape index (κ2) is 7.12. The molecule has 1 aromatic rings. The molecule has 2 aliphatic heterocycles. The van der Waals surface area contributed by atoms with Crippen molar-refractivity contribution < 1.29 is 4.79 Å². The molecule has 1 aliphatic carbocycles. The number of fused-ring (bicyclic) bond motifs is 1. The zero-order chi connectivity index (χ0) is 15.0. The van der Waals surface area contributed by atoms with Crippen molar-refractivity contribution in [2.45, 2.75) is 51.4 Å². The summed E-state index contributed by atoms with van der Waals surface area (Å²) in [4.78, 5) is 17.5. The molecule has 0 aromatic carbocycles. The highest BCUT2D eigenvalue weighted by Gasteiger charge is 2.40. The quantitative estimate of drug-likeness (QED) is 0.781. The van der Waals surface area contributed by atoms with Gasteiger partial charge < -0.3 is 10.2 Å². The predicted octanol–water partition coefficient (Wildman–Crippen LogP) is 3.65. The number of aryl methyl sites for hydroxylation is 2. The van der Waals surface area contributed by atoms with E-state index in [4.69, 9.17) is 0 Å². The van der Waals surface area contributed by atoms with Gasteiger partial charge in [0, 0.05) is 18.0 Å². The third kappa shape index (κ3) is 3.45. The van der Waals surface area contributed by atoms with Crippen LogP contribution in [0, 0.1) is 5.41 Å². The SMILES string of the molecule is Cl.O=C(c1cc2c(s1)CCCCC2)N1CCC2(CCNCC2)C1. The first kappa shape index (κ1) is 17.2. The number of nitrogens with one attached hydrogen (secondary N) is 1. The van der Waals surface area contributed by atoms with Crippen LogP contribution < -0.4 is 5.32 Å². The summed E-state index contributed by atoms with van der Waals surface area (Å²) < 4.78 is 0. The summed E-state index contributed by atoms with van der Waals surface area (Å²) in [5.41, 5.74) is 1.87. The van der Waals surface area contributed by atoms with Gasteiger partial charge in [-0.3, -0.25) is 4.79 Å². The predicted molar refractivity (Wildman–Crippen MR) is 97.9 cm³/mol. The number of likely N-dealkylation sites (tertiary alicyclic amines) is 1. The summed E-state index contributed by atoms with van der Waals surface area (Å²) in [5, 5.41) is 3.45. The van der Waals surface area contributed by atoms with Gasteiger partial charge in [-0.1, -0.05) is 6.42 Å². The maximum absolute atomic E-state index is 12.9. The number of hydrogen-bond donors (Lipinski definition) is 1. The third-order valence-electron chi connectivity index (χ3n) is 5.85. The molecule has 23 heavy (non-hydrogen) atoms. The van der Waals surface area contributed by atoms with E-state index in [-0.39, 0.29) is 12.4 Å². The third-order valence-corrected chi connectivity index (χ3v) is 7.07. The Bertz CT molecular complexity index is 542. The van der Waals surface area contributed by atoms with Gasteiger partial charge in [-0.15, -0.1) is 23.7 Å². The van der Waals surface area contributed by atoms with Crippen LogP contribution in [-0.4, -0.2) is 37.0 Å². The van der Waals surface area contributed by atoms with Crippen molar-refractivity contribution in [2.24, 2.45) is 5.41 Å². The Morgan fingerprint density at radius 2 is 1.91 bits per heavy atom. The van der Waals surface area contributed by atoms with Crippen molar-refractivity contribution in [3.63, 3.8) is 0 Å². The normalized spacial score (nSPS) is 23.2. The first-order chi connectivity index (χ1) is 10.8. The summed E-state index contributed by atoms with van der Waals surface area (Å²) in [6.07, 6.45) is 9.95. The summed E-state index contributed by atoms with van der Waals surface area (Å²) in [6.45, 7) is 4.18. The number of carbonyl (C=O) groups excluding carboxylic acids is 1. The summed E-state index contributed by atoms with van der Waals surface area (Å²) >= 11 is 1.78. The first-order valence-corrected chi connectivity index (χ1v) is 9.69. The van der Waals surface area contributed by atoms with Gasteiger partial charge in [0.2, 0.25) is 0 Å². The molecule has 3 nitrogen and oxygen atoms in total. The van der Waals surface area contributed by atoms with Crippen LogP contribution in [0.3, 0.4) is 0 Å². The number of halogens is 1. The standard InChI is InChI=1S/C18H26N2OS.ClH/c21-17(16-12-14-4-2-1-3-5-15(14)22-16)20-11-8-18(13-20)6-9-19-10-7-18;/h12,19H,1-11,13H2;1H. The van der Waals surface area contributed by atoms with Crippen molar-refractivity contribution in [3.05, 3.63) is 21.4 Å². The Labute approximate surface area is 149 Å². The van der Waals surface area contributed by atoms with Crippen molar-refractivity contribution >= 4 is 29.7 Å². The maximum atomic E-state index is 12.9. The highest BCUT2D eigenvalue weighted by atomic mass is 35.5. The molecule has 0 bridgehead atoms. The van der Waals surface area contributed by atoms with E-state index in [0.717, 1.165) is 31.1 Å². The second-order valence-electron chi connectivity index (χ2n) is 7.35. The van der Waals surface area contributed by atoms with Crippen molar-refractivity contribution in [2.75, 3.05) is 26.2 Å². The second-order valence-corrected chi connectivity index (χ2v) is 8.48. The number of carbonyl (C=O) groups is 1. The smallest absolute Gasteiger partial charge is 0.263 e. The van der Waals surface area contributed by atoms with E-state index in [0.29, 0.717) is 11.3 Å². The van der Waals surface area contributed by atoms with Gasteiger partial charge in [0.15, 0.2) is 0 Å². The monoisotopic (exact) mass is 354 g/mol. The van der Waals surface area contributed by atoms with Crippen LogP contribution in [0.4, 0.5) is 0 Å². The van der Waals surface area contributed by atoms with Crippen LogP contribution in [0.1, 0.15) is 58.6 Å². The van der Waals surface area contributed by atoms with Gasteiger partial charge in [-0.25, -0.2) is 0 Å². The van der Waals surface area contributed by atoms with Gasteiger partial charge in [-0.05, 0) is 75.1 Å².